The average Bonchev–Trinajstić information content (AvgIpc) is 2.93. The Kier molecular flexibility index (Phi) is 5.66. The van der Waals surface area contributed by atoms with E-state index in [0.717, 1.165) is 24.4 Å². The second kappa shape index (κ2) is 7.53. The molecule has 0 aliphatic heterocycles. The second-order valence-corrected chi connectivity index (χ2v) is 5.57. The summed E-state index contributed by atoms with van der Waals surface area (Å²) in [7, 11) is 3.12. The van der Waals surface area contributed by atoms with E-state index in [9.17, 15) is 9.90 Å². The summed E-state index contributed by atoms with van der Waals surface area (Å²) >= 11 is 0. The van der Waals surface area contributed by atoms with Gasteiger partial charge in [0.25, 0.3) is 0 Å². The Morgan fingerprint density at radius 3 is 2.33 bits per heavy atom. The van der Waals surface area contributed by atoms with Gasteiger partial charge in [-0.05, 0) is 20.0 Å². The highest BCUT2D eigenvalue weighted by atomic mass is 16.5. The monoisotopic (exact) mass is 335 g/mol. The number of nitrogens with zero attached hydrogens (tertiary/aromatic N) is 3. The molecule has 1 aromatic carbocycles. The van der Waals surface area contributed by atoms with Crippen molar-refractivity contribution in [2.75, 3.05) is 27.3 Å². The zero-order valence-corrected chi connectivity index (χ0v) is 14.9. The van der Waals surface area contributed by atoms with Gasteiger partial charge >= 0.3 is 5.97 Å². The maximum Gasteiger partial charge on any atom is 0.326 e. The minimum atomic E-state index is -0.898. The number of rotatable bonds is 8. The normalized spacial score (nSPS) is 12.6. The Labute approximate surface area is 141 Å². The molecular formula is C17H25N3O4. The van der Waals surface area contributed by atoms with Crippen LogP contribution in [0.3, 0.4) is 0 Å². The topological polar surface area (TPSA) is 76.8 Å². The highest BCUT2D eigenvalue weighted by Crippen LogP contribution is 2.34. The summed E-state index contributed by atoms with van der Waals surface area (Å²) in [6, 6.07) is 2.84. The first-order valence-corrected chi connectivity index (χ1v) is 8.04. The van der Waals surface area contributed by atoms with Crippen LogP contribution in [0.15, 0.2) is 12.1 Å². The maximum absolute atomic E-state index is 11.6. The molecule has 1 aromatic heterocycles. The number of aliphatic carboxylic acids is 1. The number of aromatic nitrogens is 2. The smallest absolute Gasteiger partial charge is 0.326 e. The Balaban J connectivity index is 2.66. The van der Waals surface area contributed by atoms with E-state index in [4.69, 9.17) is 9.47 Å². The van der Waals surface area contributed by atoms with Crippen LogP contribution in [0.5, 0.6) is 11.5 Å². The number of imidazole rings is 1. The van der Waals surface area contributed by atoms with Gasteiger partial charge in [-0.25, -0.2) is 9.78 Å². The highest BCUT2D eigenvalue weighted by Gasteiger charge is 2.23. The van der Waals surface area contributed by atoms with E-state index in [1.165, 1.54) is 0 Å². The number of carbonyl (C=O) groups is 1. The van der Waals surface area contributed by atoms with Gasteiger partial charge in [-0.1, -0.05) is 13.8 Å². The molecule has 0 saturated carbocycles. The van der Waals surface area contributed by atoms with Gasteiger partial charge in [0.15, 0.2) is 11.5 Å². The van der Waals surface area contributed by atoms with Gasteiger partial charge in [-0.2, -0.15) is 0 Å². The third-order valence-corrected chi connectivity index (χ3v) is 4.27. The molecule has 1 heterocycles. The van der Waals surface area contributed by atoms with E-state index in [1.54, 1.807) is 37.8 Å². The van der Waals surface area contributed by atoms with E-state index >= 15 is 0 Å². The van der Waals surface area contributed by atoms with Crippen LogP contribution < -0.4 is 9.47 Å². The van der Waals surface area contributed by atoms with E-state index in [2.05, 4.69) is 23.7 Å². The van der Waals surface area contributed by atoms with Crippen molar-refractivity contribution in [1.82, 2.24) is 14.5 Å². The van der Waals surface area contributed by atoms with E-state index in [-0.39, 0.29) is 0 Å². The molecule has 0 amide bonds. The lowest BCUT2D eigenvalue weighted by atomic mass is 10.2. The first kappa shape index (κ1) is 18.1. The Bertz CT molecular complexity index is 722. The minimum Gasteiger partial charge on any atom is -0.493 e. The number of carboxylic acids is 1. The minimum absolute atomic E-state index is 0.554. The van der Waals surface area contributed by atoms with Crippen molar-refractivity contribution in [3.8, 4) is 11.5 Å². The molecule has 24 heavy (non-hydrogen) atoms. The molecule has 1 N–H and O–H groups in total. The molecular weight excluding hydrogens is 310 g/mol. The lowest BCUT2D eigenvalue weighted by molar-refractivity contribution is -0.140. The zero-order valence-electron chi connectivity index (χ0n) is 14.9. The molecule has 0 saturated heterocycles. The fraction of sp³-hybridized carbons (Fsp3) is 0.529. The summed E-state index contributed by atoms with van der Waals surface area (Å²) in [5, 5.41) is 9.50. The van der Waals surface area contributed by atoms with Gasteiger partial charge in [0.1, 0.15) is 11.9 Å². The van der Waals surface area contributed by atoms with Gasteiger partial charge in [0.2, 0.25) is 0 Å². The average molecular weight is 335 g/mol. The largest absolute Gasteiger partial charge is 0.493 e. The molecule has 2 aromatic rings. The number of fused-ring (bicyclic) bond motifs is 1. The zero-order chi connectivity index (χ0) is 17.9. The van der Waals surface area contributed by atoms with Gasteiger partial charge in [-0.15, -0.1) is 0 Å². The summed E-state index contributed by atoms with van der Waals surface area (Å²) in [6.45, 7) is 8.13. The fourth-order valence-electron chi connectivity index (χ4n) is 2.77. The van der Waals surface area contributed by atoms with Crippen LogP contribution in [0.1, 0.15) is 32.6 Å². The number of hydrogen-bond acceptors (Lipinski definition) is 5. The molecule has 0 bridgehead atoms. The molecule has 0 radical (unpaired) electrons. The summed E-state index contributed by atoms with van der Waals surface area (Å²) in [4.78, 5) is 18.4. The summed E-state index contributed by atoms with van der Waals surface area (Å²) < 4.78 is 12.4. The van der Waals surface area contributed by atoms with Gasteiger partial charge in [0.05, 0.1) is 31.8 Å². The van der Waals surface area contributed by atoms with Crippen LogP contribution in [-0.4, -0.2) is 52.8 Å². The fourth-order valence-corrected chi connectivity index (χ4v) is 2.77. The van der Waals surface area contributed by atoms with Crippen molar-refractivity contribution >= 4 is 17.0 Å². The van der Waals surface area contributed by atoms with Crippen molar-refractivity contribution in [3.63, 3.8) is 0 Å². The van der Waals surface area contributed by atoms with E-state index in [0.29, 0.717) is 23.6 Å². The Morgan fingerprint density at radius 1 is 1.25 bits per heavy atom. The van der Waals surface area contributed by atoms with Crippen molar-refractivity contribution in [1.29, 1.82) is 0 Å². The number of hydrogen-bond donors (Lipinski definition) is 1. The van der Waals surface area contributed by atoms with Gasteiger partial charge < -0.3 is 19.1 Å². The second-order valence-electron chi connectivity index (χ2n) is 5.57. The maximum atomic E-state index is 11.6. The number of ether oxygens (including phenoxy) is 2. The Hall–Kier alpha value is -2.28. The number of benzene rings is 1. The molecule has 2 rings (SSSR count). The van der Waals surface area contributed by atoms with E-state index in [1.807, 2.05) is 0 Å². The van der Waals surface area contributed by atoms with Crippen LogP contribution >= 0.6 is 0 Å². The molecule has 7 nitrogen and oxygen atoms in total. The predicted octanol–water partition coefficient (Wildman–Crippen LogP) is 2.54. The van der Waals surface area contributed by atoms with E-state index < -0.39 is 12.0 Å². The van der Waals surface area contributed by atoms with Crippen LogP contribution in [0.4, 0.5) is 0 Å². The molecule has 0 spiro atoms. The predicted molar refractivity (Wildman–Crippen MR) is 91.8 cm³/mol. The third-order valence-electron chi connectivity index (χ3n) is 4.27. The van der Waals surface area contributed by atoms with Crippen LogP contribution in [0.25, 0.3) is 11.0 Å². The third kappa shape index (κ3) is 3.31. The summed E-state index contributed by atoms with van der Waals surface area (Å²) in [5.41, 5.74) is 1.42. The molecule has 1 atom stereocenters. The number of carboxylic acid groups (broad SMARTS) is 1. The molecule has 0 aliphatic rings. The van der Waals surface area contributed by atoms with Gasteiger partial charge in [0, 0.05) is 12.1 Å². The number of methoxy groups -OCH3 is 2. The molecule has 132 valence electrons. The van der Waals surface area contributed by atoms with Crippen molar-refractivity contribution in [2.45, 2.75) is 33.4 Å². The SMILES string of the molecule is CCN(CC)Cc1nc2cc(OC)c(OC)cc2n1C(C)C(=O)O. The standard InChI is InChI=1S/C17H25N3O4/c1-6-19(7-2)10-16-18-12-8-14(23-4)15(24-5)9-13(12)20(16)11(3)17(21)22/h8-9,11H,6-7,10H2,1-5H3,(H,21,22). The van der Waals surface area contributed by atoms with Gasteiger partial charge in [-0.3, -0.25) is 4.90 Å². The molecule has 0 fully saturated rings. The first-order valence-electron chi connectivity index (χ1n) is 8.04. The highest BCUT2D eigenvalue weighted by molar-refractivity contribution is 5.83. The lowest BCUT2D eigenvalue weighted by Crippen LogP contribution is -2.26. The van der Waals surface area contributed by atoms with Crippen molar-refractivity contribution in [2.24, 2.45) is 0 Å². The molecule has 1 unspecified atom stereocenters. The van der Waals surface area contributed by atoms with Crippen LogP contribution in [0, 0.1) is 0 Å². The molecule has 7 heteroatoms. The van der Waals surface area contributed by atoms with Crippen LogP contribution in [-0.2, 0) is 11.3 Å². The molecule has 0 aliphatic carbocycles. The Morgan fingerprint density at radius 2 is 1.83 bits per heavy atom. The first-order chi connectivity index (χ1) is 11.5. The lowest BCUT2D eigenvalue weighted by Gasteiger charge is -2.20. The quantitative estimate of drug-likeness (QED) is 0.799. The van der Waals surface area contributed by atoms with Crippen LogP contribution in [0.2, 0.25) is 0 Å². The van der Waals surface area contributed by atoms with Crippen molar-refractivity contribution < 1.29 is 19.4 Å². The summed E-state index contributed by atoms with van der Waals surface area (Å²) in [5.74, 6) is 0.953. The van der Waals surface area contributed by atoms with Crippen molar-refractivity contribution in [3.05, 3.63) is 18.0 Å². The summed E-state index contributed by atoms with van der Waals surface area (Å²) in [6.07, 6.45) is 0.